The van der Waals surface area contributed by atoms with Gasteiger partial charge in [-0.1, -0.05) is 19.8 Å². The molecule has 5 heteroatoms. The molecule has 1 heterocycles. The van der Waals surface area contributed by atoms with Gasteiger partial charge in [-0.25, -0.2) is 0 Å². The molecule has 1 saturated carbocycles. The Labute approximate surface area is 107 Å². The topological polar surface area (TPSA) is 81.8 Å². The zero-order chi connectivity index (χ0) is 13.0. The summed E-state index contributed by atoms with van der Waals surface area (Å²) >= 11 is 0. The van der Waals surface area contributed by atoms with Crippen LogP contribution in [0, 0.1) is 17.2 Å². The minimum Gasteiger partial charge on any atom is -0.388 e. The summed E-state index contributed by atoms with van der Waals surface area (Å²) in [5.74, 6) is 0.995. The van der Waals surface area contributed by atoms with Gasteiger partial charge < -0.3 is 10.4 Å². The maximum Gasteiger partial charge on any atom is 0.166 e. The molecule has 0 saturated heterocycles. The van der Waals surface area contributed by atoms with Crippen LogP contribution in [0.1, 0.15) is 38.2 Å². The molecule has 1 aromatic rings. The molecule has 2 rings (SSSR count). The van der Waals surface area contributed by atoms with E-state index in [9.17, 15) is 5.11 Å². The Kier molecular flexibility index (Phi) is 3.78. The van der Waals surface area contributed by atoms with Gasteiger partial charge in [-0.15, -0.1) is 5.10 Å². The second-order valence-corrected chi connectivity index (χ2v) is 5.18. The van der Waals surface area contributed by atoms with Crippen LogP contribution in [0.4, 0.5) is 5.82 Å². The lowest BCUT2D eigenvalue weighted by molar-refractivity contribution is -0.000839. The molecule has 2 atom stereocenters. The van der Waals surface area contributed by atoms with Crippen molar-refractivity contribution in [3.05, 3.63) is 17.8 Å². The van der Waals surface area contributed by atoms with Crippen LogP contribution in [0.3, 0.4) is 0 Å². The average molecular weight is 246 g/mol. The highest BCUT2D eigenvalue weighted by molar-refractivity contribution is 5.50. The fourth-order valence-corrected chi connectivity index (χ4v) is 2.59. The third-order valence-electron chi connectivity index (χ3n) is 3.49. The van der Waals surface area contributed by atoms with Crippen LogP contribution in [0.5, 0.6) is 0 Å². The first kappa shape index (κ1) is 12.8. The molecule has 1 aliphatic rings. The molecule has 96 valence electrons. The molecular formula is C13H18N4O. The Morgan fingerprint density at radius 1 is 1.67 bits per heavy atom. The van der Waals surface area contributed by atoms with Gasteiger partial charge in [-0.2, -0.15) is 10.4 Å². The number of hydrogen-bond acceptors (Lipinski definition) is 5. The number of aliphatic hydroxyl groups is 1. The van der Waals surface area contributed by atoms with Crippen molar-refractivity contribution in [1.29, 1.82) is 5.26 Å². The molecule has 0 aliphatic heterocycles. The van der Waals surface area contributed by atoms with Gasteiger partial charge in [-0.05, 0) is 24.8 Å². The molecule has 0 bridgehead atoms. The highest BCUT2D eigenvalue weighted by Gasteiger charge is 2.32. The Morgan fingerprint density at radius 2 is 2.50 bits per heavy atom. The lowest BCUT2D eigenvalue weighted by atomic mass is 9.79. The van der Waals surface area contributed by atoms with Crippen molar-refractivity contribution >= 4 is 5.82 Å². The van der Waals surface area contributed by atoms with Gasteiger partial charge in [-0.3, -0.25) is 0 Å². The zero-order valence-corrected chi connectivity index (χ0v) is 10.6. The second kappa shape index (κ2) is 5.32. The molecule has 5 nitrogen and oxygen atoms in total. The first-order valence-corrected chi connectivity index (χ1v) is 6.31. The van der Waals surface area contributed by atoms with Crippen LogP contribution in [0.25, 0.3) is 0 Å². The van der Waals surface area contributed by atoms with Crippen molar-refractivity contribution in [3.63, 3.8) is 0 Å². The summed E-state index contributed by atoms with van der Waals surface area (Å²) in [5, 5.41) is 30.1. The van der Waals surface area contributed by atoms with E-state index in [4.69, 9.17) is 5.26 Å². The third kappa shape index (κ3) is 2.96. The monoisotopic (exact) mass is 246 g/mol. The molecule has 1 fully saturated rings. The average Bonchev–Trinajstić information content (AvgIpc) is 2.36. The van der Waals surface area contributed by atoms with E-state index < -0.39 is 5.60 Å². The summed E-state index contributed by atoms with van der Waals surface area (Å²) in [6, 6.07) is 3.67. The van der Waals surface area contributed by atoms with E-state index in [1.807, 2.05) is 0 Å². The molecule has 1 aromatic heterocycles. The van der Waals surface area contributed by atoms with Crippen molar-refractivity contribution in [1.82, 2.24) is 10.2 Å². The molecule has 18 heavy (non-hydrogen) atoms. The van der Waals surface area contributed by atoms with Gasteiger partial charge in [0.2, 0.25) is 0 Å². The van der Waals surface area contributed by atoms with Crippen LogP contribution < -0.4 is 5.32 Å². The van der Waals surface area contributed by atoms with E-state index in [-0.39, 0.29) is 0 Å². The standard InChI is InChI=1S/C13H18N4O/c1-10-3-2-5-13(18,7-10)9-15-12-11(8-14)4-6-16-17-12/h4,6,10,18H,2-3,5,7,9H2,1H3,(H,15,17). The van der Waals surface area contributed by atoms with Crippen LogP contribution in [-0.2, 0) is 0 Å². The quantitative estimate of drug-likeness (QED) is 0.848. The summed E-state index contributed by atoms with van der Waals surface area (Å²) in [6.45, 7) is 2.58. The van der Waals surface area contributed by atoms with E-state index in [2.05, 4.69) is 28.5 Å². The van der Waals surface area contributed by atoms with Crippen molar-refractivity contribution in [2.75, 3.05) is 11.9 Å². The van der Waals surface area contributed by atoms with Crippen molar-refractivity contribution in [2.24, 2.45) is 5.92 Å². The number of aromatic nitrogens is 2. The molecule has 1 aliphatic carbocycles. The lowest BCUT2D eigenvalue weighted by Gasteiger charge is -2.35. The molecule has 0 radical (unpaired) electrons. The number of anilines is 1. The Hall–Kier alpha value is -1.67. The molecule has 0 spiro atoms. The van der Waals surface area contributed by atoms with Crippen LogP contribution in [0.2, 0.25) is 0 Å². The van der Waals surface area contributed by atoms with Crippen molar-refractivity contribution in [2.45, 2.75) is 38.2 Å². The van der Waals surface area contributed by atoms with E-state index >= 15 is 0 Å². The van der Waals surface area contributed by atoms with E-state index in [1.165, 1.54) is 12.6 Å². The second-order valence-electron chi connectivity index (χ2n) is 5.18. The SMILES string of the molecule is CC1CCCC(O)(CNc2nnccc2C#N)C1. The Bertz CT molecular complexity index is 457. The minimum absolute atomic E-state index is 0.421. The van der Waals surface area contributed by atoms with Crippen LogP contribution >= 0.6 is 0 Å². The van der Waals surface area contributed by atoms with Crippen LogP contribution in [-0.4, -0.2) is 27.4 Å². The summed E-state index contributed by atoms with van der Waals surface area (Å²) in [5.41, 5.74) is -0.237. The molecule has 2 unspecified atom stereocenters. The number of nitriles is 1. The first-order valence-electron chi connectivity index (χ1n) is 6.31. The number of nitrogens with zero attached hydrogens (tertiary/aromatic N) is 3. The third-order valence-corrected chi connectivity index (χ3v) is 3.49. The smallest absolute Gasteiger partial charge is 0.166 e. The van der Waals surface area contributed by atoms with Gasteiger partial charge in [0.05, 0.1) is 17.4 Å². The van der Waals surface area contributed by atoms with Gasteiger partial charge in [0.15, 0.2) is 5.82 Å². The van der Waals surface area contributed by atoms with Gasteiger partial charge in [0.1, 0.15) is 6.07 Å². The lowest BCUT2D eigenvalue weighted by Crippen LogP contribution is -2.41. The van der Waals surface area contributed by atoms with Gasteiger partial charge in [0, 0.05) is 6.54 Å². The van der Waals surface area contributed by atoms with E-state index in [1.54, 1.807) is 6.07 Å². The van der Waals surface area contributed by atoms with E-state index in [0.717, 1.165) is 19.3 Å². The fraction of sp³-hybridized carbons (Fsp3) is 0.615. The Morgan fingerprint density at radius 3 is 3.22 bits per heavy atom. The van der Waals surface area contributed by atoms with Gasteiger partial charge >= 0.3 is 0 Å². The number of rotatable bonds is 3. The van der Waals surface area contributed by atoms with Crippen molar-refractivity contribution in [3.8, 4) is 6.07 Å². The van der Waals surface area contributed by atoms with Crippen LogP contribution in [0.15, 0.2) is 12.3 Å². The maximum atomic E-state index is 10.5. The van der Waals surface area contributed by atoms with Crippen molar-refractivity contribution < 1.29 is 5.11 Å². The number of hydrogen-bond donors (Lipinski definition) is 2. The Balaban J connectivity index is 2.01. The first-order chi connectivity index (χ1) is 8.63. The number of nitrogens with one attached hydrogen (secondary N) is 1. The summed E-state index contributed by atoms with van der Waals surface area (Å²) in [7, 11) is 0. The predicted octanol–water partition coefficient (Wildman–Crippen LogP) is 1.70. The highest BCUT2D eigenvalue weighted by Crippen LogP contribution is 2.32. The molecule has 2 N–H and O–H groups in total. The van der Waals surface area contributed by atoms with Gasteiger partial charge in [0.25, 0.3) is 0 Å². The summed E-state index contributed by atoms with van der Waals surface area (Å²) < 4.78 is 0. The zero-order valence-electron chi connectivity index (χ0n) is 10.6. The molecular weight excluding hydrogens is 228 g/mol. The summed E-state index contributed by atoms with van der Waals surface area (Å²) in [4.78, 5) is 0. The molecule has 0 amide bonds. The normalized spacial score (nSPS) is 27.5. The predicted molar refractivity (Wildman–Crippen MR) is 67.8 cm³/mol. The highest BCUT2D eigenvalue weighted by atomic mass is 16.3. The minimum atomic E-state index is -0.693. The fourth-order valence-electron chi connectivity index (χ4n) is 2.59. The molecule has 0 aromatic carbocycles. The summed E-state index contributed by atoms with van der Waals surface area (Å²) in [6.07, 6.45) is 5.30. The van der Waals surface area contributed by atoms with E-state index in [0.29, 0.717) is 23.8 Å². The maximum absolute atomic E-state index is 10.5. The largest absolute Gasteiger partial charge is 0.388 e.